The standard InChI is InChI=1S/C9H10F2N2O/c10-8-3-7(4-13-9(8)11)14-6-1-5(12)2-6/h3-6H,1-2,12H2. The first-order valence-electron chi connectivity index (χ1n) is 4.38. The molecule has 1 aliphatic carbocycles. The zero-order valence-electron chi connectivity index (χ0n) is 7.41. The van der Waals surface area contributed by atoms with Crippen molar-refractivity contribution in [2.75, 3.05) is 0 Å². The highest BCUT2D eigenvalue weighted by atomic mass is 19.2. The molecule has 0 aliphatic heterocycles. The van der Waals surface area contributed by atoms with E-state index in [-0.39, 0.29) is 17.9 Å². The van der Waals surface area contributed by atoms with Gasteiger partial charge in [0.15, 0.2) is 5.82 Å². The second-order valence-corrected chi connectivity index (χ2v) is 3.41. The zero-order valence-corrected chi connectivity index (χ0v) is 7.41. The van der Waals surface area contributed by atoms with Gasteiger partial charge in [0.25, 0.3) is 0 Å². The first kappa shape index (κ1) is 9.33. The molecule has 0 amide bonds. The second-order valence-electron chi connectivity index (χ2n) is 3.41. The molecule has 1 saturated carbocycles. The predicted octanol–water partition coefficient (Wildman–Crippen LogP) is 1.23. The summed E-state index contributed by atoms with van der Waals surface area (Å²) in [6.45, 7) is 0. The third kappa shape index (κ3) is 1.82. The van der Waals surface area contributed by atoms with Gasteiger partial charge in [0.2, 0.25) is 5.95 Å². The smallest absolute Gasteiger partial charge is 0.249 e. The Bertz CT molecular complexity index is 340. The van der Waals surface area contributed by atoms with Gasteiger partial charge in [-0.2, -0.15) is 4.39 Å². The third-order valence-electron chi connectivity index (χ3n) is 2.21. The van der Waals surface area contributed by atoms with Gasteiger partial charge in [0.05, 0.1) is 6.20 Å². The molecule has 1 aliphatic rings. The van der Waals surface area contributed by atoms with E-state index in [1.165, 1.54) is 6.20 Å². The highest BCUT2D eigenvalue weighted by Crippen LogP contribution is 2.24. The van der Waals surface area contributed by atoms with Crippen molar-refractivity contribution in [1.82, 2.24) is 4.98 Å². The molecule has 2 N–H and O–H groups in total. The van der Waals surface area contributed by atoms with Gasteiger partial charge in [-0.05, 0) is 12.8 Å². The summed E-state index contributed by atoms with van der Waals surface area (Å²) < 4.78 is 30.4. The maximum Gasteiger partial charge on any atom is 0.249 e. The SMILES string of the molecule is NC1CC(Oc2cnc(F)c(F)c2)C1. The van der Waals surface area contributed by atoms with Crippen LogP contribution in [0.2, 0.25) is 0 Å². The van der Waals surface area contributed by atoms with Crippen molar-refractivity contribution < 1.29 is 13.5 Å². The Balaban J connectivity index is 2.00. The molecule has 0 spiro atoms. The van der Waals surface area contributed by atoms with E-state index in [1.54, 1.807) is 0 Å². The Morgan fingerprint density at radius 3 is 2.71 bits per heavy atom. The molecule has 1 fully saturated rings. The number of aromatic nitrogens is 1. The number of hydrogen-bond acceptors (Lipinski definition) is 3. The highest BCUT2D eigenvalue weighted by Gasteiger charge is 2.27. The van der Waals surface area contributed by atoms with E-state index in [2.05, 4.69) is 4.98 Å². The molecule has 0 unspecified atom stereocenters. The van der Waals surface area contributed by atoms with Crippen LogP contribution in [-0.2, 0) is 0 Å². The van der Waals surface area contributed by atoms with Crippen LogP contribution in [0.15, 0.2) is 12.3 Å². The average molecular weight is 200 g/mol. The number of ether oxygens (including phenoxy) is 1. The first-order chi connectivity index (χ1) is 6.65. The largest absolute Gasteiger partial charge is 0.489 e. The Kier molecular flexibility index (Phi) is 2.33. The van der Waals surface area contributed by atoms with Crippen LogP contribution in [0, 0.1) is 11.8 Å². The van der Waals surface area contributed by atoms with E-state index in [0.717, 1.165) is 18.9 Å². The third-order valence-corrected chi connectivity index (χ3v) is 2.21. The summed E-state index contributed by atoms with van der Waals surface area (Å²) in [5.74, 6) is -1.85. The van der Waals surface area contributed by atoms with Gasteiger partial charge in [0, 0.05) is 12.1 Å². The lowest BCUT2D eigenvalue weighted by atomic mass is 9.90. The molecule has 0 bridgehead atoms. The normalized spacial score (nSPS) is 25.6. The van der Waals surface area contributed by atoms with Crippen LogP contribution in [0.25, 0.3) is 0 Å². The summed E-state index contributed by atoms with van der Waals surface area (Å²) >= 11 is 0. The fraction of sp³-hybridized carbons (Fsp3) is 0.444. The quantitative estimate of drug-likeness (QED) is 0.730. The Morgan fingerprint density at radius 2 is 2.14 bits per heavy atom. The molecule has 0 saturated heterocycles. The van der Waals surface area contributed by atoms with Gasteiger partial charge in [-0.25, -0.2) is 9.37 Å². The van der Waals surface area contributed by atoms with Crippen LogP contribution in [0.1, 0.15) is 12.8 Å². The molecule has 5 heteroatoms. The van der Waals surface area contributed by atoms with Crippen LogP contribution >= 0.6 is 0 Å². The number of pyridine rings is 1. The van der Waals surface area contributed by atoms with Crippen molar-refractivity contribution in [1.29, 1.82) is 0 Å². The summed E-state index contributed by atoms with van der Waals surface area (Å²) in [7, 11) is 0. The van der Waals surface area contributed by atoms with Crippen molar-refractivity contribution in [3.05, 3.63) is 24.0 Å². The van der Waals surface area contributed by atoms with Crippen LogP contribution in [0.4, 0.5) is 8.78 Å². The molecule has 0 atom stereocenters. The van der Waals surface area contributed by atoms with Crippen molar-refractivity contribution >= 4 is 0 Å². The summed E-state index contributed by atoms with van der Waals surface area (Å²) in [5, 5.41) is 0. The van der Waals surface area contributed by atoms with E-state index in [0.29, 0.717) is 0 Å². The number of halogens is 2. The van der Waals surface area contributed by atoms with Crippen LogP contribution in [0.3, 0.4) is 0 Å². The topological polar surface area (TPSA) is 48.1 Å². The summed E-state index contributed by atoms with van der Waals surface area (Å²) in [6, 6.07) is 1.16. The lowest BCUT2D eigenvalue weighted by molar-refractivity contribution is 0.0997. The fourth-order valence-corrected chi connectivity index (χ4v) is 1.36. The molecular formula is C9H10F2N2O. The lowest BCUT2D eigenvalue weighted by Crippen LogP contribution is -2.43. The molecule has 14 heavy (non-hydrogen) atoms. The van der Waals surface area contributed by atoms with Crippen molar-refractivity contribution in [3.63, 3.8) is 0 Å². The van der Waals surface area contributed by atoms with Gasteiger partial charge in [-0.1, -0.05) is 0 Å². The maximum atomic E-state index is 12.7. The minimum atomic E-state index is -1.11. The molecule has 0 radical (unpaired) electrons. The molecule has 1 aromatic rings. The van der Waals surface area contributed by atoms with Gasteiger partial charge >= 0.3 is 0 Å². The molecule has 0 aromatic carbocycles. The van der Waals surface area contributed by atoms with Crippen LogP contribution in [0.5, 0.6) is 5.75 Å². The van der Waals surface area contributed by atoms with E-state index < -0.39 is 11.8 Å². The Morgan fingerprint density at radius 1 is 1.43 bits per heavy atom. The Hall–Kier alpha value is -1.23. The van der Waals surface area contributed by atoms with E-state index in [9.17, 15) is 8.78 Å². The molecular weight excluding hydrogens is 190 g/mol. The number of nitrogens with zero attached hydrogens (tertiary/aromatic N) is 1. The number of hydrogen-bond donors (Lipinski definition) is 1. The minimum absolute atomic E-state index is 0.0108. The summed E-state index contributed by atoms with van der Waals surface area (Å²) in [6.07, 6.45) is 2.68. The molecule has 1 aromatic heterocycles. The summed E-state index contributed by atoms with van der Waals surface area (Å²) in [5.41, 5.74) is 5.55. The predicted molar refractivity (Wildman–Crippen MR) is 45.8 cm³/mol. The highest BCUT2D eigenvalue weighted by molar-refractivity contribution is 5.18. The average Bonchev–Trinajstić information content (AvgIpc) is 2.09. The number of nitrogens with two attached hydrogens (primary N) is 1. The van der Waals surface area contributed by atoms with Crippen molar-refractivity contribution in [3.8, 4) is 5.75 Å². The van der Waals surface area contributed by atoms with E-state index in [4.69, 9.17) is 10.5 Å². The van der Waals surface area contributed by atoms with E-state index in [1.807, 2.05) is 0 Å². The number of rotatable bonds is 2. The zero-order chi connectivity index (χ0) is 10.1. The molecule has 1 heterocycles. The second kappa shape index (κ2) is 3.49. The first-order valence-corrected chi connectivity index (χ1v) is 4.38. The molecule has 3 nitrogen and oxygen atoms in total. The van der Waals surface area contributed by atoms with Gasteiger partial charge < -0.3 is 10.5 Å². The van der Waals surface area contributed by atoms with Gasteiger partial charge in [-0.3, -0.25) is 0 Å². The fourth-order valence-electron chi connectivity index (χ4n) is 1.36. The molecule has 2 rings (SSSR count). The van der Waals surface area contributed by atoms with Crippen molar-refractivity contribution in [2.24, 2.45) is 5.73 Å². The van der Waals surface area contributed by atoms with Crippen molar-refractivity contribution in [2.45, 2.75) is 25.0 Å². The lowest BCUT2D eigenvalue weighted by Gasteiger charge is -2.32. The minimum Gasteiger partial charge on any atom is -0.489 e. The van der Waals surface area contributed by atoms with E-state index >= 15 is 0 Å². The maximum absolute atomic E-state index is 12.7. The van der Waals surface area contributed by atoms with Crippen LogP contribution in [-0.4, -0.2) is 17.1 Å². The van der Waals surface area contributed by atoms with Crippen LogP contribution < -0.4 is 10.5 Å². The Labute approximate surface area is 79.9 Å². The van der Waals surface area contributed by atoms with Gasteiger partial charge in [0.1, 0.15) is 11.9 Å². The molecule has 76 valence electrons. The van der Waals surface area contributed by atoms with Gasteiger partial charge in [-0.15, -0.1) is 0 Å². The monoisotopic (exact) mass is 200 g/mol. The summed E-state index contributed by atoms with van der Waals surface area (Å²) in [4.78, 5) is 3.21.